The monoisotopic (exact) mass is 296 g/mol. The largest absolute Gasteiger partial charge is 0.381 e. The van der Waals surface area contributed by atoms with E-state index in [-0.39, 0.29) is 0 Å². The van der Waals surface area contributed by atoms with E-state index in [4.69, 9.17) is 16.3 Å². The third kappa shape index (κ3) is 4.37. The molecule has 112 valence electrons. The summed E-state index contributed by atoms with van der Waals surface area (Å²) in [5.74, 6) is 0.714. The van der Waals surface area contributed by atoms with Crippen LogP contribution in [0.25, 0.3) is 0 Å². The highest BCUT2D eigenvalue weighted by molar-refractivity contribution is 6.33. The first-order valence-corrected chi connectivity index (χ1v) is 7.86. The second-order valence-electron chi connectivity index (χ2n) is 5.50. The summed E-state index contributed by atoms with van der Waals surface area (Å²) in [6.45, 7) is 6.80. The summed E-state index contributed by atoms with van der Waals surface area (Å²) in [6.07, 6.45) is 2.31. The number of hydrogen-bond acceptors (Lipinski definition) is 3. The molecule has 0 atom stereocenters. The minimum Gasteiger partial charge on any atom is -0.381 e. The minimum absolute atomic E-state index is 0.714. The van der Waals surface area contributed by atoms with Crippen LogP contribution in [0.1, 0.15) is 25.3 Å². The average Bonchev–Trinajstić information content (AvgIpc) is 2.46. The lowest BCUT2D eigenvalue weighted by atomic mass is 9.99. The molecule has 1 heterocycles. The van der Waals surface area contributed by atoms with Gasteiger partial charge in [0.2, 0.25) is 0 Å². The Labute approximate surface area is 127 Å². The Morgan fingerprint density at radius 1 is 1.35 bits per heavy atom. The Morgan fingerprint density at radius 2 is 2.10 bits per heavy atom. The van der Waals surface area contributed by atoms with Gasteiger partial charge in [-0.05, 0) is 43.0 Å². The Morgan fingerprint density at radius 3 is 2.75 bits per heavy atom. The molecule has 3 nitrogen and oxygen atoms in total. The molecule has 0 saturated carbocycles. The molecule has 1 aliphatic rings. The van der Waals surface area contributed by atoms with Crippen molar-refractivity contribution in [1.82, 2.24) is 5.32 Å². The van der Waals surface area contributed by atoms with Gasteiger partial charge in [0.25, 0.3) is 0 Å². The predicted octanol–water partition coefficient (Wildman–Crippen LogP) is 3.31. The third-order valence-corrected chi connectivity index (χ3v) is 4.18. The number of nitrogens with zero attached hydrogens (tertiary/aromatic N) is 1. The molecule has 0 bridgehead atoms. The summed E-state index contributed by atoms with van der Waals surface area (Å²) >= 11 is 6.43. The van der Waals surface area contributed by atoms with Gasteiger partial charge in [-0.3, -0.25) is 0 Å². The van der Waals surface area contributed by atoms with Gasteiger partial charge in [0, 0.05) is 33.4 Å². The molecular formula is C16H25ClN2O. The number of benzene rings is 1. The number of halogens is 1. The molecule has 0 aromatic heterocycles. The maximum absolute atomic E-state index is 6.43. The maximum Gasteiger partial charge on any atom is 0.0642 e. The van der Waals surface area contributed by atoms with Crippen LogP contribution in [0.3, 0.4) is 0 Å². The Bertz CT molecular complexity index is 419. The average molecular weight is 297 g/mol. The number of rotatable bonds is 6. The van der Waals surface area contributed by atoms with Gasteiger partial charge < -0.3 is 15.0 Å². The topological polar surface area (TPSA) is 24.5 Å². The molecule has 0 spiro atoms. The fraction of sp³-hybridized carbons (Fsp3) is 0.625. The summed E-state index contributed by atoms with van der Waals surface area (Å²) in [7, 11) is 2.13. The number of nitrogens with one attached hydrogen (secondary N) is 1. The molecule has 1 aromatic rings. The molecule has 0 amide bonds. The Kier molecular flexibility index (Phi) is 6.14. The second-order valence-corrected chi connectivity index (χ2v) is 5.91. The van der Waals surface area contributed by atoms with Crippen LogP contribution in [0.4, 0.5) is 5.69 Å². The highest BCUT2D eigenvalue weighted by Crippen LogP contribution is 2.28. The summed E-state index contributed by atoms with van der Waals surface area (Å²) in [5, 5.41) is 4.16. The van der Waals surface area contributed by atoms with Crippen LogP contribution in [0, 0.1) is 5.92 Å². The maximum atomic E-state index is 6.43. The molecule has 1 aromatic carbocycles. The standard InChI is InChI=1S/C16H25ClN2O/c1-3-18-11-14-4-5-16(15(17)10-14)19(2)12-13-6-8-20-9-7-13/h4-5,10,13,18H,3,6-9,11-12H2,1-2H3. The van der Waals surface area contributed by atoms with E-state index in [2.05, 4.69) is 42.4 Å². The molecule has 1 N–H and O–H groups in total. The number of ether oxygens (including phenoxy) is 1. The summed E-state index contributed by atoms with van der Waals surface area (Å²) in [6, 6.07) is 6.36. The fourth-order valence-electron chi connectivity index (χ4n) is 2.65. The number of hydrogen-bond donors (Lipinski definition) is 1. The molecule has 1 saturated heterocycles. The first-order chi connectivity index (χ1) is 9.70. The highest BCUT2D eigenvalue weighted by Gasteiger charge is 2.17. The molecule has 0 aliphatic carbocycles. The summed E-state index contributed by atoms with van der Waals surface area (Å²) < 4.78 is 5.41. The lowest BCUT2D eigenvalue weighted by Gasteiger charge is -2.29. The van der Waals surface area contributed by atoms with Gasteiger partial charge in [0.15, 0.2) is 0 Å². The zero-order valence-electron chi connectivity index (χ0n) is 12.5. The van der Waals surface area contributed by atoms with Crippen molar-refractivity contribution in [3.8, 4) is 0 Å². The SMILES string of the molecule is CCNCc1ccc(N(C)CC2CCOCC2)c(Cl)c1. The van der Waals surface area contributed by atoms with Gasteiger partial charge in [-0.15, -0.1) is 0 Å². The normalized spacial score (nSPS) is 16.4. The molecule has 0 radical (unpaired) electrons. The van der Waals surface area contributed by atoms with Crippen molar-refractivity contribution in [2.45, 2.75) is 26.3 Å². The smallest absolute Gasteiger partial charge is 0.0642 e. The minimum atomic E-state index is 0.714. The van der Waals surface area contributed by atoms with Gasteiger partial charge in [-0.25, -0.2) is 0 Å². The first-order valence-electron chi connectivity index (χ1n) is 7.48. The van der Waals surface area contributed by atoms with Crippen LogP contribution < -0.4 is 10.2 Å². The lowest BCUT2D eigenvalue weighted by Crippen LogP contribution is -2.29. The Hall–Kier alpha value is -0.770. The van der Waals surface area contributed by atoms with Gasteiger partial charge in [-0.2, -0.15) is 0 Å². The zero-order chi connectivity index (χ0) is 14.4. The predicted molar refractivity (Wildman–Crippen MR) is 85.6 cm³/mol. The summed E-state index contributed by atoms with van der Waals surface area (Å²) in [5.41, 5.74) is 2.36. The Balaban J connectivity index is 1.96. The zero-order valence-corrected chi connectivity index (χ0v) is 13.2. The number of anilines is 1. The molecule has 2 rings (SSSR count). The van der Waals surface area contributed by atoms with Crippen molar-refractivity contribution < 1.29 is 4.74 Å². The van der Waals surface area contributed by atoms with E-state index in [1.165, 1.54) is 5.56 Å². The molecule has 1 fully saturated rings. The van der Waals surface area contributed by atoms with E-state index in [1.54, 1.807) is 0 Å². The second kappa shape index (κ2) is 7.87. The van der Waals surface area contributed by atoms with E-state index >= 15 is 0 Å². The van der Waals surface area contributed by atoms with Crippen molar-refractivity contribution in [3.63, 3.8) is 0 Å². The van der Waals surface area contributed by atoms with E-state index in [0.717, 1.165) is 56.4 Å². The quantitative estimate of drug-likeness (QED) is 0.871. The van der Waals surface area contributed by atoms with Gasteiger partial charge in [0.1, 0.15) is 0 Å². The van der Waals surface area contributed by atoms with E-state index in [1.807, 2.05) is 0 Å². The van der Waals surface area contributed by atoms with Crippen molar-refractivity contribution >= 4 is 17.3 Å². The van der Waals surface area contributed by atoms with E-state index < -0.39 is 0 Å². The molecular weight excluding hydrogens is 272 g/mol. The highest BCUT2D eigenvalue weighted by atomic mass is 35.5. The van der Waals surface area contributed by atoms with Gasteiger partial charge in [0.05, 0.1) is 10.7 Å². The fourth-order valence-corrected chi connectivity index (χ4v) is 3.00. The van der Waals surface area contributed by atoms with Crippen LogP contribution >= 0.6 is 11.6 Å². The van der Waals surface area contributed by atoms with Crippen molar-refractivity contribution in [1.29, 1.82) is 0 Å². The van der Waals surface area contributed by atoms with Crippen LogP contribution in [-0.2, 0) is 11.3 Å². The van der Waals surface area contributed by atoms with Gasteiger partial charge in [-0.1, -0.05) is 24.6 Å². The van der Waals surface area contributed by atoms with E-state index in [0.29, 0.717) is 5.92 Å². The summed E-state index contributed by atoms with van der Waals surface area (Å²) in [4.78, 5) is 2.27. The van der Waals surface area contributed by atoms with Crippen molar-refractivity contribution in [2.24, 2.45) is 5.92 Å². The van der Waals surface area contributed by atoms with Crippen molar-refractivity contribution in [2.75, 3.05) is 38.3 Å². The van der Waals surface area contributed by atoms with E-state index in [9.17, 15) is 0 Å². The lowest BCUT2D eigenvalue weighted by molar-refractivity contribution is 0.0685. The first kappa shape index (κ1) is 15.6. The van der Waals surface area contributed by atoms with Crippen LogP contribution in [0.5, 0.6) is 0 Å². The van der Waals surface area contributed by atoms with Crippen molar-refractivity contribution in [3.05, 3.63) is 28.8 Å². The molecule has 0 unspecified atom stereocenters. The van der Waals surface area contributed by atoms with Crippen LogP contribution in [0.15, 0.2) is 18.2 Å². The van der Waals surface area contributed by atoms with Crippen LogP contribution in [-0.4, -0.2) is 33.4 Å². The van der Waals surface area contributed by atoms with Crippen LogP contribution in [0.2, 0.25) is 5.02 Å². The van der Waals surface area contributed by atoms with Gasteiger partial charge >= 0.3 is 0 Å². The molecule has 20 heavy (non-hydrogen) atoms. The molecule has 4 heteroatoms. The molecule has 1 aliphatic heterocycles. The third-order valence-electron chi connectivity index (χ3n) is 3.88.